The summed E-state index contributed by atoms with van der Waals surface area (Å²) in [5.74, 6) is 1.67. The van der Waals surface area contributed by atoms with E-state index in [1.807, 2.05) is 0 Å². The Kier molecular flexibility index (Phi) is 5.00. The van der Waals surface area contributed by atoms with Crippen LogP contribution in [-0.2, 0) is 0 Å². The molecule has 0 aliphatic carbocycles. The number of methoxy groups -OCH3 is 3. The smallest absolute Gasteiger partial charge is 0.203 e. The second-order valence-electron chi connectivity index (χ2n) is 4.03. The number of aromatic nitrogens is 1. The number of aliphatic imine (C=N–C) groups is 1. The van der Waals surface area contributed by atoms with E-state index < -0.39 is 0 Å². The molecule has 1 heterocycles. The number of hydrogen-bond donors (Lipinski definition) is 0. The van der Waals surface area contributed by atoms with Crippen molar-refractivity contribution in [3.8, 4) is 17.2 Å². The average molecular weight is 307 g/mol. The van der Waals surface area contributed by atoms with Gasteiger partial charge in [-0.1, -0.05) is 11.6 Å². The first-order chi connectivity index (χ1) is 10.2. The zero-order valence-corrected chi connectivity index (χ0v) is 12.7. The van der Waals surface area contributed by atoms with Crippen LogP contribution in [0.2, 0.25) is 5.15 Å². The van der Waals surface area contributed by atoms with Crippen molar-refractivity contribution in [3.05, 3.63) is 41.2 Å². The molecule has 0 aliphatic heterocycles. The van der Waals surface area contributed by atoms with Crippen molar-refractivity contribution >= 4 is 23.5 Å². The highest BCUT2D eigenvalue weighted by atomic mass is 35.5. The van der Waals surface area contributed by atoms with E-state index in [-0.39, 0.29) is 0 Å². The predicted molar refractivity (Wildman–Crippen MR) is 82.6 cm³/mol. The van der Waals surface area contributed by atoms with Gasteiger partial charge in [-0.05, 0) is 24.3 Å². The normalized spacial score (nSPS) is 10.7. The third-order valence-electron chi connectivity index (χ3n) is 2.78. The van der Waals surface area contributed by atoms with Crippen LogP contribution in [0.5, 0.6) is 17.2 Å². The molecule has 0 amide bonds. The predicted octanol–water partition coefficient (Wildman–Crippen LogP) is 3.51. The van der Waals surface area contributed by atoms with Crippen molar-refractivity contribution in [3.63, 3.8) is 0 Å². The molecule has 0 saturated carbocycles. The maximum absolute atomic E-state index is 5.96. The van der Waals surface area contributed by atoms with Gasteiger partial charge in [0, 0.05) is 18.0 Å². The largest absolute Gasteiger partial charge is 0.493 e. The van der Waals surface area contributed by atoms with E-state index in [2.05, 4.69) is 9.98 Å². The summed E-state index contributed by atoms with van der Waals surface area (Å²) in [7, 11) is 4.69. The molecule has 0 bridgehead atoms. The Bertz CT molecular complexity index is 634. The first kappa shape index (κ1) is 15.1. The van der Waals surface area contributed by atoms with Crippen molar-refractivity contribution < 1.29 is 14.2 Å². The summed E-state index contributed by atoms with van der Waals surface area (Å²) in [6.45, 7) is 0. The van der Waals surface area contributed by atoms with Gasteiger partial charge in [-0.25, -0.2) is 4.98 Å². The number of pyridine rings is 1. The Morgan fingerprint density at radius 3 is 2.29 bits per heavy atom. The van der Waals surface area contributed by atoms with Gasteiger partial charge in [0.15, 0.2) is 16.7 Å². The van der Waals surface area contributed by atoms with Crippen LogP contribution in [0.25, 0.3) is 0 Å². The van der Waals surface area contributed by atoms with Gasteiger partial charge in [-0.15, -0.1) is 0 Å². The summed E-state index contributed by atoms with van der Waals surface area (Å²) in [4.78, 5) is 8.28. The summed E-state index contributed by atoms with van der Waals surface area (Å²) in [6.07, 6.45) is 3.27. The van der Waals surface area contributed by atoms with Crippen LogP contribution in [0.1, 0.15) is 5.56 Å². The van der Waals surface area contributed by atoms with Crippen LogP contribution >= 0.6 is 11.6 Å². The number of nitrogens with zero attached hydrogens (tertiary/aromatic N) is 2. The van der Waals surface area contributed by atoms with Gasteiger partial charge < -0.3 is 14.2 Å². The molecule has 1 aromatic heterocycles. The van der Waals surface area contributed by atoms with E-state index in [0.717, 1.165) is 5.56 Å². The maximum Gasteiger partial charge on any atom is 0.203 e. The van der Waals surface area contributed by atoms with Crippen molar-refractivity contribution in [2.75, 3.05) is 21.3 Å². The summed E-state index contributed by atoms with van der Waals surface area (Å²) in [5, 5.41) is 0.348. The highest BCUT2D eigenvalue weighted by molar-refractivity contribution is 6.31. The molecule has 5 nitrogen and oxygen atoms in total. The number of rotatable bonds is 5. The number of ether oxygens (including phenoxy) is 3. The van der Waals surface area contributed by atoms with Crippen LogP contribution in [-0.4, -0.2) is 32.5 Å². The first-order valence-corrected chi connectivity index (χ1v) is 6.52. The molecule has 0 radical (unpaired) electrons. The number of hydrogen-bond acceptors (Lipinski definition) is 5. The molecule has 2 rings (SSSR count). The standard InChI is InChI=1S/C15H15ClN2O3/c1-19-12-7-10(8-13(20-2)14(12)21-3)9-18-11-5-4-6-17-15(11)16/h4-9H,1-3H3. The van der Waals surface area contributed by atoms with Crippen LogP contribution in [0.3, 0.4) is 0 Å². The molecule has 0 saturated heterocycles. The molecule has 6 heteroatoms. The molecule has 2 aromatic rings. The third-order valence-corrected chi connectivity index (χ3v) is 3.07. The summed E-state index contributed by atoms with van der Waals surface area (Å²) in [5.41, 5.74) is 1.39. The Morgan fingerprint density at radius 1 is 1.10 bits per heavy atom. The fourth-order valence-corrected chi connectivity index (χ4v) is 1.96. The minimum Gasteiger partial charge on any atom is -0.493 e. The van der Waals surface area contributed by atoms with Crippen LogP contribution in [0.4, 0.5) is 5.69 Å². The van der Waals surface area contributed by atoms with Gasteiger partial charge in [0.1, 0.15) is 5.69 Å². The lowest BCUT2D eigenvalue weighted by molar-refractivity contribution is 0.324. The lowest BCUT2D eigenvalue weighted by Crippen LogP contribution is -1.96. The molecule has 1 aromatic carbocycles. The van der Waals surface area contributed by atoms with Crippen LogP contribution < -0.4 is 14.2 Å². The average Bonchev–Trinajstić information content (AvgIpc) is 2.52. The maximum atomic E-state index is 5.96. The second kappa shape index (κ2) is 6.95. The van der Waals surface area contributed by atoms with Crippen molar-refractivity contribution in [2.45, 2.75) is 0 Å². The Labute approximate surface area is 128 Å². The monoisotopic (exact) mass is 306 g/mol. The van der Waals surface area contributed by atoms with E-state index in [4.69, 9.17) is 25.8 Å². The van der Waals surface area contributed by atoms with Gasteiger partial charge in [-0.3, -0.25) is 4.99 Å². The zero-order valence-electron chi connectivity index (χ0n) is 12.0. The fraction of sp³-hybridized carbons (Fsp3) is 0.200. The SMILES string of the molecule is COc1cc(C=Nc2cccnc2Cl)cc(OC)c1OC. The van der Waals surface area contributed by atoms with Crippen molar-refractivity contribution in [1.82, 2.24) is 4.98 Å². The molecule has 0 N–H and O–H groups in total. The van der Waals surface area contributed by atoms with Gasteiger partial charge in [0.05, 0.1) is 21.3 Å². The first-order valence-electron chi connectivity index (χ1n) is 6.14. The van der Waals surface area contributed by atoms with E-state index in [1.165, 1.54) is 0 Å². The Hall–Kier alpha value is -2.27. The van der Waals surface area contributed by atoms with E-state index in [0.29, 0.717) is 28.1 Å². The topological polar surface area (TPSA) is 52.9 Å². The molecular formula is C15H15ClN2O3. The van der Waals surface area contributed by atoms with Gasteiger partial charge in [-0.2, -0.15) is 0 Å². The van der Waals surface area contributed by atoms with E-state index in [1.54, 1.807) is 58.0 Å². The Balaban J connectivity index is 2.39. The molecule has 110 valence electrons. The molecular weight excluding hydrogens is 292 g/mol. The van der Waals surface area contributed by atoms with Crippen molar-refractivity contribution in [1.29, 1.82) is 0 Å². The van der Waals surface area contributed by atoms with Gasteiger partial charge in [0.2, 0.25) is 5.75 Å². The number of halogens is 1. The highest BCUT2D eigenvalue weighted by Crippen LogP contribution is 2.37. The minimum atomic E-state index is 0.348. The minimum absolute atomic E-state index is 0.348. The van der Waals surface area contributed by atoms with Gasteiger partial charge in [0.25, 0.3) is 0 Å². The summed E-state index contributed by atoms with van der Waals surface area (Å²) in [6, 6.07) is 7.15. The summed E-state index contributed by atoms with van der Waals surface area (Å²) >= 11 is 5.96. The van der Waals surface area contributed by atoms with Crippen molar-refractivity contribution in [2.24, 2.45) is 4.99 Å². The second-order valence-corrected chi connectivity index (χ2v) is 4.39. The lowest BCUT2D eigenvalue weighted by Gasteiger charge is -2.12. The summed E-state index contributed by atoms with van der Waals surface area (Å²) < 4.78 is 15.8. The fourth-order valence-electron chi connectivity index (χ4n) is 1.79. The third kappa shape index (κ3) is 3.44. The van der Waals surface area contributed by atoms with E-state index >= 15 is 0 Å². The lowest BCUT2D eigenvalue weighted by atomic mass is 10.2. The van der Waals surface area contributed by atoms with E-state index in [9.17, 15) is 0 Å². The highest BCUT2D eigenvalue weighted by Gasteiger charge is 2.12. The molecule has 0 atom stereocenters. The molecule has 0 aliphatic rings. The number of benzene rings is 1. The van der Waals surface area contributed by atoms with Crippen LogP contribution in [0.15, 0.2) is 35.5 Å². The Morgan fingerprint density at radius 2 is 1.76 bits per heavy atom. The molecule has 21 heavy (non-hydrogen) atoms. The van der Waals surface area contributed by atoms with Gasteiger partial charge >= 0.3 is 0 Å². The molecule has 0 unspecified atom stereocenters. The quantitative estimate of drug-likeness (QED) is 0.626. The zero-order chi connectivity index (χ0) is 15.2. The molecule has 0 spiro atoms. The van der Waals surface area contributed by atoms with Crippen LogP contribution in [0, 0.1) is 0 Å². The molecule has 0 fully saturated rings.